The van der Waals surface area contributed by atoms with Crippen LogP contribution < -0.4 is 0 Å². The second kappa shape index (κ2) is 8.34. The molecule has 1 amide bonds. The number of amides is 1. The van der Waals surface area contributed by atoms with E-state index in [0.717, 1.165) is 17.7 Å². The van der Waals surface area contributed by atoms with Crippen LogP contribution in [0, 0.1) is 5.92 Å². The molecule has 1 saturated heterocycles. The van der Waals surface area contributed by atoms with Crippen molar-refractivity contribution in [2.45, 2.75) is 30.9 Å². The lowest BCUT2D eigenvalue weighted by atomic mass is 9.99. The Kier molecular flexibility index (Phi) is 5.92. The van der Waals surface area contributed by atoms with E-state index in [1.807, 2.05) is 55.5 Å². The molecular formula is C21H23NO2S. The summed E-state index contributed by atoms with van der Waals surface area (Å²) in [5.41, 5.74) is 2.41. The van der Waals surface area contributed by atoms with E-state index in [-0.39, 0.29) is 29.5 Å². The first-order valence-corrected chi connectivity index (χ1v) is 9.71. The van der Waals surface area contributed by atoms with E-state index in [1.54, 1.807) is 16.7 Å². The number of ketones is 1. The maximum Gasteiger partial charge on any atom is 0.229 e. The summed E-state index contributed by atoms with van der Waals surface area (Å²) in [6, 6.07) is 20.2. The molecule has 1 aliphatic rings. The summed E-state index contributed by atoms with van der Waals surface area (Å²) in [5, 5.41) is 0.105. The van der Waals surface area contributed by atoms with Gasteiger partial charge in [0.2, 0.25) is 5.91 Å². The number of rotatable bonds is 8. The number of benzene rings is 2. The minimum Gasteiger partial charge on any atom is -0.322 e. The number of hydrogen-bond acceptors (Lipinski definition) is 3. The van der Waals surface area contributed by atoms with Gasteiger partial charge in [0.15, 0.2) is 5.78 Å². The zero-order chi connectivity index (χ0) is 17.6. The van der Waals surface area contributed by atoms with Gasteiger partial charge in [-0.05, 0) is 17.5 Å². The molecule has 3 nitrogen and oxygen atoms in total. The minimum atomic E-state index is -0.00404. The van der Waals surface area contributed by atoms with Gasteiger partial charge in [-0.2, -0.15) is 0 Å². The number of hydrogen-bond donors (Lipinski definition) is 0. The van der Waals surface area contributed by atoms with Gasteiger partial charge in [-0.3, -0.25) is 9.59 Å². The molecule has 0 aromatic heterocycles. The molecule has 0 radical (unpaired) electrons. The number of nitrogens with zero attached hydrogens (tertiary/aromatic N) is 1. The highest BCUT2D eigenvalue weighted by atomic mass is 32.2. The topological polar surface area (TPSA) is 37.4 Å². The van der Waals surface area contributed by atoms with Crippen LogP contribution >= 0.6 is 11.8 Å². The normalized spacial score (nSPS) is 19.6. The SMILES string of the molecule is CC1C(=O)N(CC(=O)CCc2ccccc2)C1SCc1ccccc1. The third-order valence-electron chi connectivity index (χ3n) is 4.55. The molecule has 1 fully saturated rings. The molecule has 3 rings (SSSR count). The van der Waals surface area contributed by atoms with Gasteiger partial charge < -0.3 is 4.90 Å². The predicted octanol–water partition coefficient (Wildman–Crippen LogP) is 3.93. The predicted molar refractivity (Wildman–Crippen MR) is 102 cm³/mol. The van der Waals surface area contributed by atoms with Crippen molar-refractivity contribution >= 4 is 23.5 Å². The first kappa shape index (κ1) is 17.7. The van der Waals surface area contributed by atoms with E-state index in [4.69, 9.17) is 0 Å². The van der Waals surface area contributed by atoms with Crippen LogP contribution in [-0.2, 0) is 21.8 Å². The van der Waals surface area contributed by atoms with Gasteiger partial charge in [0.1, 0.15) is 0 Å². The number of likely N-dealkylation sites (tertiary alicyclic amines) is 1. The van der Waals surface area contributed by atoms with Gasteiger partial charge >= 0.3 is 0 Å². The minimum absolute atomic E-state index is 0.00404. The monoisotopic (exact) mass is 353 g/mol. The van der Waals surface area contributed by atoms with Crippen molar-refractivity contribution in [3.63, 3.8) is 0 Å². The highest BCUT2D eigenvalue weighted by molar-refractivity contribution is 7.99. The van der Waals surface area contributed by atoms with Crippen molar-refractivity contribution in [1.29, 1.82) is 0 Å². The van der Waals surface area contributed by atoms with Crippen molar-refractivity contribution in [3.05, 3.63) is 71.8 Å². The summed E-state index contributed by atoms with van der Waals surface area (Å²) < 4.78 is 0. The molecule has 2 atom stereocenters. The van der Waals surface area contributed by atoms with E-state index in [0.29, 0.717) is 6.42 Å². The van der Waals surface area contributed by atoms with Crippen molar-refractivity contribution in [1.82, 2.24) is 4.90 Å². The quantitative estimate of drug-likeness (QED) is 0.675. The Morgan fingerprint density at radius 2 is 1.60 bits per heavy atom. The molecule has 0 spiro atoms. The fraction of sp³-hybridized carbons (Fsp3) is 0.333. The highest BCUT2D eigenvalue weighted by Gasteiger charge is 2.44. The summed E-state index contributed by atoms with van der Waals surface area (Å²) in [4.78, 5) is 26.2. The summed E-state index contributed by atoms with van der Waals surface area (Å²) in [6.45, 7) is 2.19. The Bertz CT molecular complexity index is 717. The Morgan fingerprint density at radius 1 is 1.00 bits per heavy atom. The lowest BCUT2D eigenvalue weighted by Crippen LogP contribution is -2.59. The van der Waals surface area contributed by atoms with Crippen LogP contribution in [0.1, 0.15) is 24.5 Å². The second-order valence-electron chi connectivity index (χ2n) is 6.47. The van der Waals surface area contributed by atoms with Gasteiger partial charge in [0, 0.05) is 12.2 Å². The van der Waals surface area contributed by atoms with Crippen LogP contribution in [0.4, 0.5) is 0 Å². The Hall–Kier alpha value is -2.07. The number of thioether (sulfide) groups is 1. The number of carbonyl (C=O) groups is 2. The second-order valence-corrected chi connectivity index (χ2v) is 7.57. The van der Waals surface area contributed by atoms with Crippen LogP contribution in [0.25, 0.3) is 0 Å². The zero-order valence-corrected chi connectivity index (χ0v) is 15.2. The molecule has 0 aliphatic carbocycles. The maximum absolute atomic E-state index is 12.3. The smallest absolute Gasteiger partial charge is 0.229 e. The van der Waals surface area contributed by atoms with Gasteiger partial charge in [0.05, 0.1) is 17.8 Å². The molecule has 1 aliphatic heterocycles. The van der Waals surface area contributed by atoms with E-state index < -0.39 is 0 Å². The Labute approximate surface area is 153 Å². The first-order chi connectivity index (χ1) is 12.1. The van der Waals surface area contributed by atoms with Crippen LogP contribution in [-0.4, -0.2) is 28.5 Å². The van der Waals surface area contributed by atoms with E-state index in [2.05, 4.69) is 12.1 Å². The fourth-order valence-corrected chi connectivity index (χ4v) is 4.37. The van der Waals surface area contributed by atoms with Crippen LogP contribution in [0.2, 0.25) is 0 Å². The van der Waals surface area contributed by atoms with E-state index in [9.17, 15) is 9.59 Å². The first-order valence-electron chi connectivity index (χ1n) is 8.67. The largest absolute Gasteiger partial charge is 0.322 e. The average molecular weight is 353 g/mol. The zero-order valence-electron chi connectivity index (χ0n) is 14.4. The standard InChI is InChI=1S/C21H23NO2S/c1-16-20(24)22(21(16)25-15-18-10-6-3-7-11-18)14-19(23)13-12-17-8-4-2-5-9-17/h2-11,16,21H,12-15H2,1H3. The molecule has 2 unspecified atom stereocenters. The number of β-lactam (4-membered cyclic amide) rings is 1. The van der Waals surface area contributed by atoms with Crippen LogP contribution in [0.3, 0.4) is 0 Å². The van der Waals surface area contributed by atoms with E-state index in [1.165, 1.54) is 5.56 Å². The molecule has 2 aromatic carbocycles. The van der Waals surface area contributed by atoms with Crippen LogP contribution in [0.15, 0.2) is 60.7 Å². The molecule has 1 heterocycles. The average Bonchev–Trinajstić information content (AvgIpc) is 2.67. The maximum atomic E-state index is 12.3. The Morgan fingerprint density at radius 3 is 2.24 bits per heavy atom. The van der Waals surface area contributed by atoms with Crippen molar-refractivity contribution in [2.24, 2.45) is 5.92 Å². The molecule has 0 N–H and O–H groups in total. The van der Waals surface area contributed by atoms with Gasteiger partial charge in [0.25, 0.3) is 0 Å². The van der Waals surface area contributed by atoms with Crippen molar-refractivity contribution in [2.75, 3.05) is 6.54 Å². The van der Waals surface area contributed by atoms with E-state index >= 15 is 0 Å². The summed E-state index contributed by atoms with van der Waals surface area (Å²) in [6.07, 6.45) is 1.22. The molecule has 0 saturated carbocycles. The molecule has 2 aromatic rings. The number of Topliss-reactive ketones (excluding diaryl/α,β-unsaturated/α-hetero) is 1. The van der Waals surface area contributed by atoms with Crippen LogP contribution in [0.5, 0.6) is 0 Å². The summed E-state index contributed by atoms with van der Waals surface area (Å²) >= 11 is 1.75. The lowest BCUT2D eigenvalue weighted by Gasteiger charge is -2.45. The third kappa shape index (κ3) is 4.51. The molecule has 0 bridgehead atoms. The lowest BCUT2D eigenvalue weighted by molar-refractivity contribution is -0.151. The summed E-state index contributed by atoms with van der Waals surface area (Å²) in [7, 11) is 0. The number of aryl methyl sites for hydroxylation is 1. The third-order valence-corrected chi connectivity index (χ3v) is 6.06. The molecular weight excluding hydrogens is 330 g/mol. The number of carbonyl (C=O) groups excluding carboxylic acids is 2. The van der Waals surface area contributed by atoms with Crippen molar-refractivity contribution < 1.29 is 9.59 Å². The molecule has 4 heteroatoms. The molecule has 130 valence electrons. The Balaban J connectivity index is 1.49. The van der Waals surface area contributed by atoms with Gasteiger partial charge in [-0.25, -0.2) is 0 Å². The highest BCUT2D eigenvalue weighted by Crippen LogP contribution is 2.36. The van der Waals surface area contributed by atoms with Crippen molar-refractivity contribution in [3.8, 4) is 0 Å². The molecule has 25 heavy (non-hydrogen) atoms. The van der Waals surface area contributed by atoms with Gasteiger partial charge in [-0.15, -0.1) is 11.8 Å². The van der Waals surface area contributed by atoms with Gasteiger partial charge in [-0.1, -0.05) is 67.6 Å². The fourth-order valence-electron chi connectivity index (χ4n) is 3.05. The summed E-state index contributed by atoms with van der Waals surface area (Å²) in [5.74, 6) is 1.08.